The zero-order chi connectivity index (χ0) is 32.9. The molecular formula is C34H33F3N6O3S. The van der Waals surface area contributed by atoms with Crippen LogP contribution in [0.5, 0.6) is 0 Å². The topological polar surface area (TPSA) is 114 Å². The number of benzene rings is 1. The van der Waals surface area contributed by atoms with Gasteiger partial charge < -0.3 is 0 Å². The minimum atomic E-state index is -3.96. The lowest BCUT2D eigenvalue weighted by Gasteiger charge is -2.48. The molecule has 0 aliphatic heterocycles. The average molecular weight is 663 g/mol. The number of nitrogens with two attached hydrogens (primary N) is 1. The predicted octanol–water partition coefficient (Wildman–Crippen LogP) is 5.64. The number of carbonyl (C=O) groups excluding carboxylic acids is 1. The number of anilines is 1. The molecule has 2 N–H and O–H groups in total. The Morgan fingerprint density at radius 3 is 2.57 bits per heavy atom. The molecule has 2 saturated carbocycles. The number of rotatable bonds is 7. The molecule has 0 amide bonds. The molecular weight excluding hydrogens is 629 g/mol. The average Bonchev–Trinajstić information content (AvgIpc) is 4.01. The van der Waals surface area contributed by atoms with E-state index in [1.54, 1.807) is 15.1 Å². The number of hydrogen-bond donors (Lipinski definition) is 1. The van der Waals surface area contributed by atoms with Crippen molar-refractivity contribution in [3.8, 4) is 0 Å². The number of aryl methyl sites for hydroxylation is 1. The monoisotopic (exact) mass is 662 g/mol. The number of alkyl halides is 2. The number of fused-ring (bicyclic) bond motifs is 5. The third kappa shape index (κ3) is 4.73. The molecule has 4 bridgehead atoms. The first kappa shape index (κ1) is 30.3. The lowest BCUT2D eigenvalue weighted by atomic mass is 9.59. The van der Waals surface area contributed by atoms with Crippen LogP contribution in [-0.2, 0) is 22.5 Å². The molecule has 2 fully saturated rings. The minimum Gasteiger partial charge on any atom is -0.291 e. The van der Waals surface area contributed by atoms with E-state index in [4.69, 9.17) is 5.84 Å². The van der Waals surface area contributed by atoms with Crippen molar-refractivity contribution in [3.63, 3.8) is 0 Å². The van der Waals surface area contributed by atoms with Crippen LogP contribution in [0.2, 0.25) is 0 Å². The third-order valence-electron chi connectivity index (χ3n) is 10.3. The molecule has 1 unspecified atom stereocenters. The quantitative estimate of drug-likeness (QED) is 0.257. The van der Waals surface area contributed by atoms with E-state index >= 15 is 8.78 Å². The second-order valence-electron chi connectivity index (χ2n) is 13.1. The van der Waals surface area contributed by atoms with Gasteiger partial charge in [0.05, 0.1) is 28.9 Å². The maximum Gasteiger partial charge on any atom is 0.283 e. The Bertz CT molecular complexity index is 2020. The van der Waals surface area contributed by atoms with Gasteiger partial charge in [-0.2, -0.15) is 9.40 Å². The van der Waals surface area contributed by atoms with E-state index in [9.17, 15) is 17.6 Å². The van der Waals surface area contributed by atoms with E-state index in [1.807, 2.05) is 6.92 Å². The molecule has 9 nitrogen and oxygen atoms in total. The van der Waals surface area contributed by atoms with Gasteiger partial charge in [-0.25, -0.2) is 27.4 Å². The molecule has 13 heteroatoms. The first-order chi connectivity index (χ1) is 22.4. The maximum atomic E-state index is 15.9. The summed E-state index contributed by atoms with van der Waals surface area (Å²) >= 11 is 0. The second-order valence-corrected chi connectivity index (χ2v) is 15.0. The van der Waals surface area contributed by atoms with Crippen molar-refractivity contribution in [1.82, 2.24) is 19.1 Å². The van der Waals surface area contributed by atoms with Crippen molar-refractivity contribution >= 4 is 21.5 Å². The van der Waals surface area contributed by atoms with Gasteiger partial charge in [0.1, 0.15) is 16.4 Å². The fourth-order valence-corrected chi connectivity index (χ4v) is 9.53. The van der Waals surface area contributed by atoms with Gasteiger partial charge in [-0.3, -0.25) is 19.5 Å². The van der Waals surface area contributed by atoms with E-state index in [0.717, 1.165) is 5.57 Å². The smallest absolute Gasteiger partial charge is 0.283 e. The summed E-state index contributed by atoms with van der Waals surface area (Å²) in [7, 11) is -3.96. The number of carbonyl (C=O) groups is 1. The zero-order valence-corrected chi connectivity index (χ0v) is 26.4. The highest BCUT2D eigenvalue weighted by atomic mass is 32.2. The fourth-order valence-electron chi connectivity index (χ4n) is 7.68. The van der Waals surface area contributed by atoms with Crippen LogP contribution in [0.15, 0.2) is 94.5 Å². The molecule has 2 aromatic heterocycles. The minimum absolute atomic E-state index is 0.0506. The molecule has 1 aromatic carbocycles. The number of aromatic nitrogens is 3. The summed E-state index contributed by atoms with van der Waals surface area (Å²) in [5.74, 6) is 1.28. The predicted molar refractivity (Wildman–Crippen MR) is 167 cm³/mol. The van der Waals surface area contributed by atoms with Gasteiger partial charge in [0, 0.05) is 36.6 Å². The van der Waals surface area contributed by atoms with Crippen molar-refractivity contribution in [2.75, 3.05) is 5.01 Å². The van der Waals surface area contributed by atoms with Crippen molar-refractivity contribution in [2.45, 2.75) is 74.9 Å². The molecule has 2 heterocycles. The van der Waals surface area contributed by atoms with Crippen molar-refractivity contribution < 1.29 is 26.4 Å². The number of allylic oxidation sites excluding steroid dienone is 5. The van der Waals surface area contributed by atoms with E-state index in [0.29, 0.717) is 54.8 Å². The summed E-state index contributed by atoms with van der Waals surface area (Å²) in [6, 6.07) is 7.25. The zero-order valence-electron chi connectivity index (χ0n) is 25.6. The normalized spacial score (nSPS) is 26.3. The second kappa shape index (κ2) is 10.5. The van der Waals surface area contributed by atoms with Crippen LogP contribution in [0.3, 0.4) is 0 Å². The van der Waals surface area contributed by atoms with Crippen LogP contribution < -0.4 is 10.9 Å². The lowest BCUT2D eigenvalue weighted by molar-refractivity contribution is -0.0222. The molecule has 244 valence electrons. The number of hydrogen-bond acceptors (Lipinski definition) is 7. The van der Waals surface area contributed by atoms with Gasteiger partial charge in [0.2, 0.25) is 10.0 Å². The number of ketones is 1. The van der Waals surface area contributed by atoms with E-state index < -0.39 is 44.9 Å². The molecule has 3 aromatic rings. The molecule has 3 atom stereocenters. The highest BCUT2D eigenvalue weighted by molar-refractivity contribution is 7.89. The molecule has 0 radical (unpaired) electrons. The number of Topliss-reactive ketones (excluding diaryl/α,β-unsaturated/α-hetero) is 1. The lowest BCUT2D eigenvalue weighted by Crippen LogP contribution is -2.51. The van der Waals surface area contributed by atoms with Gasteiger partial charge in [0.25, 0.3) is 5.92 Å². The summed E-state index contributed by atoms with van der Waals surface area (Å²) in [5, 5.41) is 5.55. The van der Waals surface area contributed by atoms with Crippen LogP contribution in [0, 0.1) is 17.2 Å². The van der Waals surface area contributed by atoms with Gasteiger partial charge in [-0.1, -0.05) is 11.6 Å². The van der Waals surface area contributed by atoms with E-state index in [1.165, 1.54) is 66.1 Å². The summed E-state index contributed by atoms with van der Waals surface area (Å²) in [6.45, 7) is 2.39. The van der Waals surface area contributed by atoms with Gasteiger partial charge in [0.15, 0.2) is 5.78 Å². The summed E-state index contributed by atoms with van der Waals surface area (Å²) in [6.07, 6.45) is 9.92. The fraction of sp³-hybridized carbons (Fsp3) is 0.382. The standard InChI is InChI=1S/C34H33F3N6O3S/c1-2-41-19-26(18-40-41)47(45,46)43(24-9-10-24)25-6-3-20-14-31(42(38)23-7-4-22(35)5-8-23)28-17-33(20,16-25)32(44)30-13-21(11-12-39-30)34(36,37)29-15-27(28)29/h4-5,7-8,11-15,18-19,24-25,29H,2-3,6,9-10,16-17,38H2,1H3/t25-,29?,33+/m0/s1. The van der Waals surface area contributed by atoms with Crippen LogP contribution in [0.4, 0.5) is 18.9 Å². The first-order valence-corrected chi connectivity index (χ1v) is 17.3. The molecule has 0 saturated heterocycles. The Morgan fingerprint density at radius 1 is 1.11 bits per heavy atom. The largest absolute Gasteiger partial charge is 0.291 e. The Kier molecular flexibility index (Phi) is 6.74. The maximum absolute atomic E-state index is 15.9. The van der Waals surface area contributed by atoms with Crippen molar-refractivity contribution in [1.29, 1.82) is 0 Å². The molecule has 5 aliphatic carbocycles. The van der Waals surface area contributed by atoms with Crippen LogP contribution >= 0.6 is 0 Å². The number of halogens is 3. The molecule has 1 spiro atoms. The number of pyridine rings is 1. The Hall–Kier alpha value is -4.07. The Labute approximate surface area is 270 Å². The first-order valence-electron chi connectivity index (χ1n) is 15.9. The van der Waals surface area contributed by atoms with E-state index in [-0.39, 0.29) is 35.0 Å². The van der Waals surface area contributed by atoms with Gasteiger partial charge in [-0.15, -0.1) is 0 Å². The summed E-state index contributed by atoms with van der Waals surface area (Å²) < 4.78 is 77.1. The number of nitrogens with zero attached hydrogens (tertiary/aromatic N) is 5. The Morgan fingerprint density at radius 2 is 1.87 bits per heavy atom. The van der Waals surface area contributed by atoms with Crippen molar-refractivity contribution in [2.24, 2.45) is 17.2 Å². The number of hydrazine groups is 1. The van der Waals surface area contributed by atoms with Crippen LogP contribution in [0.25, 0.3) is 0 Å². The highest BCUT2D eigenvalue weighted by Crippen LogP contribution is 2.60. The third-order valence-corrected chi connectivity index (χ3v) is 12.3. The van der Waals surface area contributed by atoms with Crippen molar-refractivity contribution in [3.05, 3.63) is 107 Å². The van der Waals surface area contributed by atoms with Crippen LogP contribution in [-0.4, -0.2) is 45.4 Å². The van der Waals surface area contributed by atoms with Gasteiger partial charge >= 0.3 is 0 Å². The highest BCUT2D eigenvalue weighted by Gasteiger charge is 2.58. The Balaban J connectivity index is 1.27. The van der Waals surface area contributed by atoms with E-state index in [2.05, 4.69) is 10.1 Å². The van der Waals surface area contributed by atoms with Crippen LogP contribution in [0.1, 0.15) is 61.5 Å². The molecule has 8 rings (SSSR count). The van der Waals surface area contributed by atoms with Gasteiger partial charge in [-0.05, 0) is 99.1 Å². The summed E-state index contributed by atoms with van der Waals surface area (Å²) in [4.78, 5) is 19.2. The summed E-state index contributed by atoms with van der Waals surface area (Å²) in [5.41, 5.74) is 0.920. The molecule has 5 aliphatic rings. The molecule has 47 heavy (non-hydrogen) atoms. The number of sulfonamides is 1. The SMILES string of the molecule is CCn1cc(S(=O)(=O)N(C2CC2)[C@H]2CCC3=CC(N(N)c4ccc(F)cc4)=C4C[C@@]3(C2)C(=O)c2cc(ccn2)C(F)(F)C2C=C42)cn1.